The predicted molar refractivity (Wildman–Crippen MR) is 73.7 cm³/mol. The van der Waals surface area contributed by atoms with E-state index in [1.54, 1.807) is 18.4 Å². The maximum absolute atomic E-state index is 11.3. The molecule has 0 saturated carbocycles. The smallest absolute Gasteiger partial charge is 0.407 e. The number of ether oxygens (including phenoxy) is 1. The summed E-state index contributed by atoms with van der Waals surface area (Å²) in [5, 5.41) is 10.9. The third kappa shape index (κ3) is 2.57. The van der Waals surface area contributed by atoms with E-state index >= 15 is 0 Å². The number of carbonyl (C=O) groups is 1. The van der Waals surface area contributed by atoms with Crippen molar-refractivity contribution in [2.75, 3.05) is 19.7 Å². The van der Waals surface area contributed by atoms with Crippen LogP contribution < -0.4 is 5.32 Å². The summed E-state index contributed by atoms with van der Waals surface area (Å²) < 4.78 is 15.9. The Bertz CT molecular complexity index is 654. The average molecular weight is 304 g/mol. The quantitative estimate of drug-likeness (QED) is 0.912. The van der Waals surface area contributed by atoms with Gasteiger partial charge < -0.3 is 18.9 Å². The fraction of sp³-hybridized carbons (Fsp3) is 0.500. The summed E-state index contributed by atoms with van der Waals surface area (Å²) >= 11 is 0. The minimum atomic E-state index is -0.332. The summed E-state index contributed by atoms with van der Waals surface area (Å²) in [5.74, 6) is 1.88. The number of fused-ring (bicyclic) bond motifs is 1. The second-order valence-corrected chi connectivity index (χ2v) is 5.61. The summed E-state index contributed by atoms with van der Waals surface area (Å²) in [6.45, 7) is 2.75. The lowest BCUT2D eigenvalue weighted by molar-refractivity contribution is 0.0357. The number of cyclic esters (lactones) is 1. The lowest BCUT2D eigenvalue weighted by Gasteiger charge is -2.40. The van der Waals surface area contributed by atoms with Crippen molar-refractivity contribution in [3.63, 3.8) is 0 Å². The van der Waals surface area contributed by atoms with Crippen molar-refractivity contribution in [2.24, 2.45) is 5.92 Å². The summed E-state index contributed by atoms with van der Waals surface area (Å²) in [4.78, 5) is 13.5. The number of nitrogens with one attached hydrogen (secondary N) is 1. The number of furan rings is 1. The molecule has 4 rings (SSSR count). The Labute approximate surface area is 126 Å². The van der Waals surface area contributed by atoms with E-state index < -0.39 is 0 Å². The van der Waals surface area contributed by atoms with Gasteiger partial charge in [-0.05, 0) is 25.1 Å². The van der Waals surface area contributed by atoms with E-state index in [1.807, 2.05) is 0 Å². The van der Waals surface area contributed by atoms with Crippen LogP contribution in [0.1, 0.15) is 12.3 Å². The molecule has 1 N–H and O–H groups in total. The first-order chi connectivity index (χ1) is 10.8. The summed E-state index contributed by atoms with van der Waals surface area (Å²) in [7, 11) is 0. The fourth-order valence-electron chi connectivity index (χ4n) is 2.96. The summed E-state index contributed by atoms with van der Waals surface area (Å²) in [5.41, 5.74) is 0. The number of nitrogens with zero attached hydrogens (tertiary/aromatic N) is 3. The van der Waals surface area contributed by atoms with E-state index in [1.165, 1.54) is 0 Å². The van der Waals surface area contributed by atoms with Gasteiger partial charge in [0.25, 0.3) is 5.89 Å². The standard InChI is InChI=1S/C14H16N4O4/c19-14-15-10-6-18(4-3-9(10)8-21-14)7-12-16-17-13(22-12)11-2-1-5-20-11/h1-2,5,9-10H,3-4,6-8H2,(H,15,19)/t9-,10+/m0/s1. The lowest BCUT2D eigenvalue weighted by Crippen LogP contribution is -2.57. The maximum atomic E-state index is 11.3. The molecule has 4 heterocycles. The van der Waals surface area contributed by atoms with Gasteiger partial charge in [-0.2, -0.15) is 0 Å². The molecule has 0 bridgehead atoms. The van der Waals surface area contributed by atoms with E-state index in [0.717, 1.165) is 19.5 Å². The van der Waals surface area contributed by atoms with Gasteiger partial charge in [-0.25, -0.2) is 4.79 Å². The van der Waals surface area contributed by atoms with Crippen molar-refractivity contribution in [1.29, 1.82) is 0 Å². The number of carbonyl (C=O) groups excluding carboxylic acids is 1. The molecule has 2 saturated heterocycles. The fourth-order valence-corrected chi connectivity index (χ4v) is 2.96. The van der Waals surface area contributed by atoms with Crippen LogP contribution in [0.2, 0.25) is 0 Å². The Balaban J connectivity index is 1.40. The monoisotopic (exact) mass is 304 g/mol. The van der Waals surface area contributed by atoms with Gasteiger partial charge in [0, 0.05) is 12.5 Å². The Morgan fingerprint density at radius 1 is 1.41 bits per heavy atom. The van der Waals surface area contributed by atoms with E-state index in [2.05, 4.69) is 20.4 Å². The molecule has 0 unspecified atom stereocenters. The van der Waals surface area contributed by atoms with Crippen LogP contribution in [-0.4, -0.2) is 46.9 Å². The topological polar surface area (TPSA) is 93.6 Å². The number of alkyl carbamates (subject to hydrolysis) is 1. The second-order valence-electron chi connectivity index (χ2n) is 5.61. The maximum Gasteiger partial charge on any atom is 0.407 e. The first-order valence-corrected chi connectivity index (χ1v) is 7.30. The lowest BCUT2D eigenvalue weighted by atomic mass is 9.91. The highest BCUT2D eigenvalue weighted by molar-refractivity contribution is 5.68. The number of piperidine rings is 1. The Kier molecular flexibility index (Phi) is 3.30. The zero-order valence-electron chi connectivity index (χ0n) is 11.9. The first-order valence-electron chi connectivity index (χ1n) is 7.30. The minimum Gasteiger partial charge on any atom is -0.459 e. The molecule has 2 aliphatic heterocycles. The van der Waals surface area contributed by atoms with Gasteiger partial charge in [-0.1, -0.05) is 0 Å². The second kappa shape index (κ2) is 5.45. The van der Waals surface area contributed by atoms with Crippen LogP contribution >= 0.6 is 0 Å². The van der Waals surface area contributed by atoms with Crippen molar-refractivity contribution in [1.82, 2.24) is 20.4 Å². The average Bonchev–Trinajstić information content (AvgIpc) is 3.17. The third-order valence-electron chi connectivity index (χ3n) is 4.13. The zero-order valence-corrected chi connectivity index (χ0v) is 11.9. The Morgan fingerprint density at radius 3 is 3.23 bits per heavy atom. The van der Waals surface area contributed by atoms with Crippen LogP contribution in [0.3, 0.4) is 0 Å². The molecular formula is C14H16N4O4. The van der Waals surface area contributed by atoms with Crippen LogP contribution in [-0.2, 0) is 11.3 Å². The number of rotatable bonds is 3. The van der Waals surface area contributed by atoms with E-state index in [0.29, 0.717) is 36.6 Å². The van der Waals surface area contributed by atoms with Crippen LogP contribution in [0.25, 0.3) is 11.7 Å². The molecule has 2 aromatic rings. The van der Waals surface area contributed by atoms with Crippen LogP contribution in [0.5, 0.6) is 0 Å². The molecule has 0 aliphatic carbocycles. The molecule has 0 radical (unpaired) electrons. The van der Waals surface area contributed by atoms with Gasteiger partial charge in [0.2, 0.25) is 5.89 Å². The van der Waals surface area contributed by atoms with E-state index in [-0.39, 0.29) is 12.1 Å². The van der Waals surface area contributed by atoms with Crippen molar-refractivity contribution in [3.8, 4) is 11.7 Å². The molecule has 1 amide bonds. The molecule has 2 atom stereocenters. The molecule has 2 fully saturated rings. The Morgan fingerprint density at radius 2 is 2.36 bits per heavy atom. The Hall–Kier alpha value is -2.35. The molecular weight excluding hydrogens is 288 g/mol. The molecule has 2 aromatic heterocycles. The molecule has 8 heteroatoms. The van der Waals surface area contributed by atoms with Gasteiger partial charge in [0.15, 0.2) is 5.76 Å². The molecule has 2 aliphatic rings. The number of likely N-dealkylation sites (tertiary alicyclic amines) is 1. The number of hydrogen-bond acceptors (Lipinski definition) is 7. The minimum absolute atomic E-state index is 0.127. The number of aromatic nitrogens is 2. The normalized spacial score (nSPS) is 25.4. The summed E-state index contributed by atoms with van der Waals surface area (Å²) in [6.07, 6.45) is 2.21. The van der Waals surface area contributed by atoms with Gasteiger partial charge in [-0.15, -0.1) is 10.2 Å². The highest BCUT2D eigenvalue weighted by Crippen LogP contribution is 2.23. The first kappa shape index (κ1) is 13.3. The van der Waals surface area contributed by atoms with Crippen molar-refractivity contribution in [3.05, 3.63) is 24.3 Å². The summed E-state index contributed by atoms with van der Waals surface area (Å²) in [6, 6.07) is 3.68. The number of hydrogen-bond donors (Lipinski definition) is 1. The molecule has 0 spiro atoms. The largest absolute Gasteiger partial charge is 0.459 e. The molecule has 8 nitrogen and oxygen atoms in total. The SMILES string of the molecule is O=C1N[C@@H]2CN(Cc3nnc(-c4ccco4)o3)CC[C@H]2CO1. The van der Waals surface area contributed by atoms with Crippen LogP contribution in [0, 0.1) is 5.92 Å². The van der Waals surface area contributed by atoms with E-state index in [9.17, 15) is 4.79 Å². The van der Waals surface area contributed by atoms with Crippen LogP contribution in [0.4, 0.5) is 4.79 Å². The van der Waals surface area contributed by atoms with Crippen LogP contribution in [0.15, 0.2) is 27.2 Å². The van der Waals surface area contributed by atoms with Gasteiger partial charge in [-0.3, -0.25) is 4.90 Å². The third-order valence-corrected chi connectivity index (χ3v) is 4.13. The molecule has 0 aromatic carbocycles. The molecule has 22 heavy (non-hydrogen) atoms. The molecule has 116 valence electrons. The van der Waals surface area contributed by atoms with Gasteiger partial charge in [0.05, 0.1) is 25.5 Å². The van der Waals surface area contributed by atoms with E-state index in [4.69, 9.17) is 13.6 Å². The van der Waals surface area contributed by atoms with Crippen molar-refractivity contribution in [2.45, 2.75) is 19.0 Å². The highest BCUT2D eigenvalue weighted by Gasteiger charge is 2.35. The zero-order chi connectivity index (χ0) is 14.9. The highest BCUT2D eigenvalue weighted by atomic mass is 16.6. The van der Waals surface area contributed by atoms with Crippen molar-refractivity contribution < 1.29 is 18.4 Å². The van der Waals surface area contributed by atoms with Crippen molar-refractivity contribution >= 4 is 6.09 Å². The van der Waals surface area contributed by atoms with Gasteiger partial charge >= 0.3 is 6.09 Å². The number of amides is 1. The predicted octanol–water partition coefficient (Wildman–Crippen LogP) is 1.26. The van der Waals surface area contributed by atoms with Gasteiger partial charge in [0.1, 0.15) is 0 Å².